The van der Waals surface area contributed by atoms with E-state index in [1.165, 1.54) is 0 Å². The lowest BCUT2D eigenvalue weighted by Crippen LogP contribution is -2.57. The van der Waals surface area contributed by atoms with Gasteiger partial charge in [-0.05, 0) is 6.92 Å². The fourth-order valence-electron chi connectivity index (χ4n) is 2.11. The smallest absolute Gasteiger partial charge is 0.147 e. The second-order valence-electron chi connectivity index (χ2n) is 3.97. The van der Waals surface area contributed by atoms with Crippen LogP contribution >= 0.6 is 0 Å². The van der Waals surface area contributed by atoms with Crippen molar-refractivity contribution in [1.29, 1.82) is 0 Å². The molecule has 0 aliphatic carbocycles. The van der Waals surface area contributed by atoms with Crippen molar-refractivity contribution in [3.8, 4) is 0 Å². The Kier molecular flexibility index (Phi) is 3.04. The standard InChI is InChI=1S/C9H16O5/c1-7(10)8-9(4-13-6-14-8)2-11-5-12-3-9/h7-8,10H,2-6H2,1H3. The lowest BCUT2D eigenvalue weighted by atomic mass is 9.81. The predicted octanol–water partition coefficient (Wildman–Crippen LogP) is -0.269. The molecule has 1 N–H and O–H groups in total. The molecule has 2 atom stereocenters. The van der Waals surface area contributed by atoms with Crippen LogP contribution in [0.15, 0.2) is 0 Å². The fraction of sp³-hybridized carbons (Fsp3) is 1.00. The van der Waals surface area contributed by atoms with Crippen LogP contribution in [-0.2, 0) is 18.9 Å². The molecular formula is C9H16O5. The Morgan fingerprint density at radius 2 is 1.71 bits per heavy atom. The van der Waals surface area contributed by atoms with Crippen molar-refractivity contribution < 1.29 is 24.1 Å². The number of hydrogen-bond acceptors (Lipinski definition) is 5. The van der Waals surface area contributed by atoms with E-state index in [0.29, 0.717) is 26.6 Å². The van der Waals surface area contributed by atoms with E-state index in [1.54, 1.807) is 6.92 Å². The second-order valence-corrected chi connectivity index (χ2v) is 3.97. The molecule has 2 heterocycles. The summed E-state index contributed by atoms with van der Waals surface area (Å²) in [6.07, 6.45) is -0.805. The maximum absolute atomic E-state index is 9.60. The van der Waals surface area contributed by atoms with Gasteiger partial charge in [0.25, 0.3) is 0 Å². The Morgan fingerprint density at radius 1 is 1.14 bits per heavy atom. The van der Waals surface area contributed by atoms with Crippen LogP contribution in [0.2, 0.25) is 0 Å². The molecule has 5 nitrogen and oxygen atoms in total. The fourth-order valence-corrected chi connectivity index (χ4v) is 2.11. The molecule has 2 saturated heterocycles. The van der Waals surface area contributed by atoms with Gasteiger partial charge in [-0.3, -0.25) is 0 Å². The van der Waals surface area contributed by atoms with E-state index in [-0.39, 0.29) is 18.3 Å². The van der Waals surface area contributed by atoms with Crippen molar-refractivity contribution in [3.05, 3.63) is 0 Å². The van der Waals surface area contributed by atoms with Crippen molar-refractivity contribution in [1.82, 2.24) is 0 Å². The molecule has 5 heteroatoms. The van der Waals surface area contributed by atoms with Gasteiger partial charge in [0.1, 0.15) is 13.6 Å². The zero-order valence-electron chi connectivity index (χ0n) is 8.27. The van der Waals surface area contributed by atoms with Gasteiger partial charge in [-0.25, -0.2) is 0 Å². The van der Waals surface area contributed by atoms with Crippen LogP contribution in [-0.4, -0.2) is 50.7 Å². The zero-order valence-corrected chi connectivity index (χ0v) is 8.27. The Hall–Kier alpha value is -0.200. The Morgan fingerprint density at radius 3 is 2.29 bits per heavy atom. The summed E-state index contributed by atoms with van der Waals surface area (Å²) in [4.78, 5) is 0. The molecule has 0 aromatic rings. The van der Waals surface area contributed by atoms with Crippen LogP contribution in [0.25, 0.3) is 0 Å². The molecule has 2 unspecified atom stereocenters. The largest absolute Gasteiger partial charge is 0.391 e. The van der Waals surface area contributed by atoms with Crippen molar-refractivity contribution in [2.45, 2.75) is 19.1 Å². The first-order valence-electron chi connectivity index (χ1n) is 4.77. The summed E-state index contributed by atoms with van der Waals surface area (Å²) >= 11 is 0. The number of aliphatic hydroxyl groups is 1. The van der Waals surface area contributed by atoms with Crippen LogP contribution in [0.4, 0.5) is 0 Å². The molecule has 2 fully saturated rings. The third-order valence-corrected chi connectivity index (χ3v) is 2.71. The highest BCUT2D eigenvalue weighted by atomic mass is 16.7. The second kappa shape index (κ2) is 4.12. The molecule has 0 radical (unpaired) electrons. The minimum atomic E-state index is -0.538. The third-order valence-electron chi connectivity index (χ3n) is 2.71. The molecule has 2 aliphatic heterocycles. The molecule has 0 bridgehead atoms. The van der Waals surface area contributed by atoms with Crippen molar-refractivity contribution in [3.63, 3.8) is 0 Å². The van der Waals surface area contributed by atoms with Crippen molar-refractivity contribution in [2.24, 2.45) is 5.41 Å². The van der Waals surface area contributed by atoms with Crippen molar-refractivity contribution >= 4 is 0 Å². The van der Waals surface area contributed by atoms with E-state index in [4.69, 9.17) is 18.9 Å². The number of aliphatic hydroxyl groups excluding tert-OH is 1. The van der Waals surface area contributed by atoms with Gasteiger partial charge in [0.15, 0.2) is 0 Å². The first-order chi connectivity index (χ1) is 6.75. The Labute approximate surface area is 82.9 Å². The molecule has 0 aromatic carbocycles. The van der Waals surface area contributed by atoms with E-state index >= 15 is 0 Å². The molecule has 0 amide bonds. The van der Waals surface area contributed by atoms with E-state index in [0.717, 1.165) is 0 Å². The predicted molar refractivity (Wildman–Crippen MR) is 46.6 cm³/mol. The Bertz CT molecular complexity index is 179. The highest BCUT2D eigenvalue weighted by Gasteiger charge is 2.47. The first-order valence-corrected chi connectivity index (χ1v) is 4.77. The molecule has 14 heavy (non-hydrogen) atoms. The summed E-state index contributed by atoms with van der Waals surface area (Å²) in [5.41, 5.74) is -0.343. The SMILES string of the molecule is CC(O)C1OCOCC12COCOC2. The third kappa shape index (κ3) is 1.78. The number of rotatable bonds is 1. The zero-order chi connectivity index (χ0) is 10.0. The summed E-state index contributed by atoms with van der Waals surface area (Å²) < 4.78 is 21.2. The number of hydrogen-bond donors (Lipinski definition) is 1. The van der Waals surface area contributed by atoms with Gasteiger partial charge >= 0.3 is 0 Å². The lowest BCUT2D eigenvalue weighted by molar-refractivity contribution is -0.290. The molecule has 0 aromatic heterocycles. The summed E-state index contributed by atoms with van der Waals surface area (Å²) in [5.74, 6) is 0. The van der Waals surface area contributed by atoms with Crippen LogP contribution in [0, 0.1) is 5.41 Å². The quantitative estimate of drug-likeness (QED) is 0.637. The molecule has 0 saturated carbocycles. The van der Waals surface area contributed by atoms with E-state index in [1.807, 2.05) is 0 Å². The van der Waals surface area contributed by atoms with E-state index < -0.39 is 6.10 Å². The van der Waals surface area contributed by atoms with Gasteiger partial charge in [0, 0.05) is 0 Å². The highest BCUT2D eigenvalue weighted by molar-refractivity contribution is 4.92. The number of ether oxygens (including phenoxy) is 4. The lowest BCUT2D eigenvalue weighted by Gasteiger charge is -2.45. The monoisotopic (exact) mass is 204 g/mol. The van der Waals surface area contributed by atoms with E-state index in [9.17, 15) is 5.11 Å². The van der Waals surface area contributed by atoms with Gasteiger partial charge in [-0.2, -0.15) is 0 Å². The van der Waals surface area contributed by atoms with E-state index in [2.05, 4.69) is 0 Å². The van der Waals surface area contributed by atoms with Gasteiger partial charge in [-0.15, -0.1) is 0 Å². The average Bonchev–Trinajstić information content (AvgIpc) is 2.19. The molecule has 82 valence electrons. The maximum Gasteiger partial charge on any atom is 0.147 e. The minimum absolute atomic E-state index is 0.233. The van der Waals surface area contributed by atoms with Crippen molar-refractivity contribution in [2.75, 3.05) is 33.4 Å². The molecule has 1 spiro atoms. The highest BCUT2D eigenvalue weighted by Crippen LogP contribution is 2.33. The summed E-state index contributed by atoms with van der Waals surface area (Å²) in [7, 11) is 0. The molecule has 2 rings (SSSR count). The summed E-state index contributed by atoms with van der Waals surface area (Å²) in [6.45, 7) is 3.81. The van der Waals surface area contributed by atoms with Crippen LogP contribution in [0.1, 0.15) is 6.92 Å². The van der Waals surface area contributed by atoms with Crippen LogP contribution < -0.4 is 0 Å². The van der Waals surface area contributed by atoms with Gasteiger partial charge in [0.2, 0.25) is 0 Å². The molecular weight excluding hydrogens is 188 g/mol. The summed E-state index contributed by atoms with van der Waals surface area (Å²) in [6, 6.07) is 0. The van der Waals surface area contributed by atoms with Crippen LogP contribution in [0.5, 0.6) is 0 Å². The van der Waals surface area contributed by atoms with Gasteiger partial charge in [0.05, 0.1) is 37.4 Å². The topological polar surface area (TPSA) is 57.2 Å². The molecule has 2 aliphatic rings. The normalized spacial score (nSPS) is 34.3. The first kappa shape index (κ1) is 10.3. The average molecular weight is 204 g/mol. The maximum atomic E-state index is 9.60. The van der Waals surface area contributed by atoms with Gasteiger partial charge in [-0.1, -0.05) is 0 Å². The summed E-state index contributed by atoms with van der Waals surface area (Å²) in [5, 5.41) is 9.60. The Balaban J connectivity index is 2.10. The van der Waals surface area contributed by atoms with Gasteiger partial charge < -0.3 is 24.1 Å². The van der Waals surface area contributed by atoms with Crippen LogP contribution in [0.3, 0.4) is 0 Å². The minimum Gasteiger partial charge on any atom is -0.391 e.